The number of rotatable bonds is 3. The van der Waals surface area contributed by atoms with Crippen LogP contribution < -0.4 is 4.72 Å². The molecule has 2 rings (SSSR count). The lowest BCUT2D eigenvalue weighted by molar-refractivity contribution is 0.349. The second-order valence-corrected chi connectivity index (χ2v) is 6.43. The summed E-state index contributed by atoms with van der Waals surface area (Å²) in [4.78, 5) is 0. The molecule has 0 bridgehead atoms. The normalized spacial score (nSPS) is 17.4. The van der Waals surface area contributed by atoms with Crippen molar-refractivity contribution in [2.75, 3.05) is 17.8 Å². The molecular formula is C11H14ClFN2O3S. The monoisotopic (exact) mass is 308 g/mol. The van der Waals surface area contributed by atoms with Crippen molar-refractivity contribution in [1.29, 1.82) is 0 Å². The highest BCUT2D eigenvalue weighted by molar-refractivity contribution is 7.90. The number of benzene rings is 1. The van der Waals surface area contributed by atoms with Gasteiger partial charge < -0.3 is 5.11 Å². The fraction of sp³-hybridized carbons (Fsp3) is 0.455. The van der Waals surface area contributed by atoms with Gasteiger partial charge in [0.05, 0.1) is 10.7 Å². The van der Waals surface area contributed by atoms with E-state index in [1.54, 1.807) is 0 Å². The molecule has 0 aromatic heterocycles. The Morgan fingerprint density at radius 2 is 1.89 bits per heavy atom. The lowest BCUT2D eigenvalue weighted by atomic mass is 10.2. The van der Waals surface area contributed by atoms with E-state index < -0.39 is 21.8 Å². The Morgan fingerprint density at radius 3 is 2.53 bits per heavy atom. The number of anilines is 1. The van der Waals surface area contributed by atoms with Gasteiger partial charge in [-0.25, -0.2) is 4.39 Å². The van der Waals surface area contributed by atoms with Crippen LogP contribution in [0.3, 0.4) is 0 Å². The first kappa shape index (κ1) is 14.4. The zero-order valence-corrected chi connectivity index (χ0v) is 11.6. The van der Waals surface area contributed by atoms with Crippen LogP contribution in [-0.2, 0) is 10.2 Å². The molecule has 0 aliphatic carbocycles. The number of hydrogen-bond donors (Lipinski definition) is 2. The minimum Gasteiger partial charge on any atom is -0.506 e. The van der Waals surface area contributed by atoms with Gasteiger partial charge in [0.1, 0.15) is 11.6 Å². The van der Waals surface area contributed by atoms with Crippen molar-refractivity contribution in [3.05, 3.63) is 23.0 Å². The molecule has 2 N–H and O–H groups in total. The fourth-order valence-corrected chi connectivity index (χ4v) is 3.40. The number of nitrogens with zero attached hydrogens (tertiary/aromatic N) is 1. The predicted molar refractivity (Wildman–Crippen MR) is 71.0 cm³/mol. The van der Waals surface area contributed by atoms with Crippen molar-refractivity contribution >= 4 is 27.5 Å². The molecule has 0 amide bonds. The van der Waals surface area contributed by atoms with E-state index >= 15 is 0 Å². The number of aromatic hydroxyl groups is 1. The van der Waals surface area contributed by atoms with E-state index in [0.29, 0.717) is 13.1 Å². The third kappa shape index (κ3) is 3.29. The average molecular weight is 309 g/mol. The van der Waals surface area contributed by atoms with Crippen molar-refractivity contribution in [1.82, 2.24) is 4.31 Å². The van der Waals surface area contributed by atoms with Crippen molar-refractivity contribution < 1.29 is 17.9 Å². The first-order chi connectivity index (χ1) is 8.90. The molecule has 1 aliphatic rings. The standard InChI is InChI=1S/C11H14ClFN2O3S/c12-8-6-10(11(16)7-9(8)13)14-19(17,18)15-4-2-1-3-5-15/h6-7,14,16H,1-5H2. The van der Waals surface area contributed by atoms with E-state index in [9.17, 15) is 17.9 Å². The Morgan fingerprint density at radius 1 is 1.26 bits per heavy atom. The van der Waals surface area contributed by atoms with Crippen molar-refractivity contribution in [2.24, 2.45) is 0 Å². The number of phenols is 1. The maximum absolute atomic E-state index is 13.1. The van der Waals surface area contributed by atoms with E-state index in [1.807, 2.05) is 0 Å². The molecule has 0 saturated carbocycles. The largest absolute Gasteiger partial charge is 0.506 e. The first-order valence-corrected chi connectivity index (χ1v) is 7.68. The molecule has 1 fully saturated rings. The second-order valence-electron chi connectivity index (χ2n) is 4.35. The number of hydrogen-bond acceptors (Lipinski definition) is 3. The molecule has 0 radical (unpaired) electrons. The lowest BCUT2D eigenvalue weighted by Gasteiger charge is -2.26. The third-order valence-electron chi connectivity index (χ3n) is 2.93. The van der Waals surface area contributed by atoms with Crippen LogP contribution in [0, 0.1) is 5.82 Å². The zero-order chi connectivity index (χ0) is 14.0. The summed E-state index contributed by atoms with van der Waals surface area (Å²) >= 11 is 5.57. The molecular weight excluding hydrogens is 295 g/mol. The van der Waals surface area contributed by atoms with Crippen LogP contribution in [0.1, 0.15) is 19.3 Å². The Bertz CT molecular complexity index is 574. The number of piperidine rings is 1. The predicted octanol–water partition coefficient (Wildman–Crippen LogP) is 2.33. The molecule has 1 aromatic rings. The smallest absolute Gasteiger partial charge is 0.301 e. The molecule has 1 heterocycles. The fourth-order valence-electron chi connectivity index (χ4n) is 1.93. The van der Waals surface area contributed by atoms with Crippen LogP contribution in [0.4, 0.5) is 10.1 Å². The quantitative estimate of drug-likeness (QED) is 0.842. The summed E-state index contributed by atoms with van der Waals surface area (Å²) in [5, 5.41) is 9.28. The molecule has 1 saturated heterocycles. The molecule has 1 aliphatic heterocycles. The lowest BCUT2D eigenvalue weighted by Crippen LogP contribution is -2.39. The van der Waals surface area contributed by atoms with Gasteiger partial charge in [0.15, 0.2) is 0 Å². The van der Waals surface area contributed by atoms with Crippen molar-refractivity contribution in [3.8, 4) is 5.75 Å². The van der Waals surface area contributed by atoms with Gasteiger partial charge in [-0.15, -0.1) is 0 Å². The molecule has 19 heavy (non-hydrogen) atoms. The minimum atomic E-state index is -3.75. The van der Waals surface area contributed by atoms with Crippen LogP contribution in [0.5, 0.6) is 5.75 Å². The van der Waals surface area contributed by atoms with E-state index in [2.05, 4.69) is 4.72 Å². The summed E-state index contributed by atoms with van der Waals surface area (Å²) in [5.41, 5.74) is -0.128. The van der Waals surface area contributed by atoms with Crippen LogP contribution in [0.25, 0.3) is 0 Å². The van der Waals surface area contributed by atoms with E-state index in [-0.39, 0.29) is 10.7 Å². The molecule has 106 valence electrons. The van der Waals surface area contributed by atoms with Gasteiger partial charge >= 0.3 is 10.2 Å². The Hall–Kier alpha value is -1.05. The van der Waals surface area contributed by atoms with Crippen LogP contribution in [0.15, 0.2) is 12.1 Å². The van der Waals surface area contributed by atoms with Crippen molar-refractivity contribution in [3.63, 3.8) is 0 Å². The van der Waals surface area contributed by atoms with E-state index in [4.69, 9.17) is 11.6 Å². The highest BCUT2D eigenvalue weighted by atomic mass is 35.5. The second kappa shape index (κ2) is 5.52. The summed E-state index contributed by atoms with van der Waals surface area (Å²) in [5.74, 6) is -1.30. The van der Waals surface area contributed by atoms with Crippen molar-refractivity contribution in [2.45, 2.75) is 19.3 Å². The van der Waals surface area contributed by atoms with Gasteiger partial charge in [0.25, 0.3) is 0 Å². The number of nitrogens with one attached hydrogen (secondary N) is 1. The maximum Gasteiger partial charge on any atom is 0.301 e. The SMILES string of the molecule is O=S(=O)(Nc1cc(Cl)c(F)cc1O)N1CCCCC1. The van der Waals surface area contributed by atoms with Crippen LogP contribution in [-0.4, -0.2) is 30.9 Å². The van der Waals surface area contributed by atoms with Gasteiger partial charge in [0.2, 0.25) is 0 Å². The van der Waals surface area contributed by atoms with Gasteiger partial charge in [-0.1, -0.05) is 18.0 Å². The summed E-state index contributed by atoms with van der Waals surface area (Å²) < 4.78 is 40.7. The van der Waals surface area contributed by atoms with E-state index in [1.165, 1.54) is 4.31 Å². The summed E-state index contributed by atoms with van der Waals surface area (Å²) in [6.45, 7) is 0.871. The number of phenolic OH excluding ortho intramolecular Hbond substituents is 1. The van der Waals surface area contributed by atoms with Crippen LogP contribution >= 0.6 is 11.6 Å². The Kier molecular flexibility index (Phi) is 4.17. The highest BCUT2D eigenvalue weighted by Gasteiger charge is 2.25. The molecule has 5 nitrogen and oxygen atoms in total. The summed E-state index contributed by atoms with van der Waals surface area (Å²) in [7, 11) is -3.75. The molecule has 0 unspecified atom stereocenters. The average Bonchev–Trinajstić information content (AvgIpc) is 2.37. The number of halogens is 2. The topological polar surface area (TPSA) is 69.6 Å². The molecule has 0 atom stereocenters. The summed E-state index contributed by atoms with van der Waals surface area (Å²) in [6, 6.07) is 1.82. The van der Waals surface area contributed by atoms with Crippen LogP contribution in [0.2, 0.25) is 5.02 Å². The molecule has 8 heteroatoms. The van der Waals surface area contributed by atoms with Gasteiger partial charge in [-0.05, 0) is 18.9 Å². The maximum atomic E-state index is 13.1. The van der Waals surface area contributed by atoms with Gasteiger partial charge in [0, 0.05) is 19.2 Å². The third-order valence-corrected chi connectivity index (χ3v) is 4.74. The first-order valence-electron chi connectivity index (χ1n) is 5.86. The molecule has 1 aromatic carbocycles. The van der Waals surface area contributed by atoms with E-state index in [0.717, 1.165) is 31.4 Å². The minimum absolute atomic E-state index is 0.128. The Balaban J connectivity index is 2.22. The van der Waals surface area contributed by atoms with Gasteiger partial charge in [-0.2, -0.15) is 12.7 Å². The summed E-state index contributed by atoms with van der Waals surface area (Å²) in [6.07, 6.45) is 2.60. The highest BCUT2D eigenvalue weighted by Crippen LogP contribution is 2.30. The molecule has 0 spiro atoms. The van der Waals surface area contributed by atoms with Gasteiger partial charge in [-0.3, -0.25) is 4.72 Å². The Labute approximate surface area is 116 Å². The zero-order valence-electron chi connectivity index (χ0n) is 10.1.